The van der Waals surface area contributed by atoms with Crippen molar-refractivity contribution in [3.8, 4) is 5.69 Å². The second-order valence-electron chi connectivity index (χ2n) is 9.72. The fraction of sp³-hybridized carbons (Fsp3) is 0.296. The van der Waals surface area contributed by atoms with Crippen LogP contribution in [0.3, 0.4) is 0 Å². The Morgan fingerprint density at radius 1 is 0.872 bits per heavy atom. The minimum absolute atomic E-state index is 0.268. The topological polar surface area (TPSA) is 137 Å². The molecule has 5 amide bonds. The van der Waals surface area contributed by atoms with Crippen molar-refractivity contribution < 1.29 is 19.2 Å². The van der Waals surface area contributed by atoms with Crippen molar-refractivity contribution in [3.63, 3.8) is 0 Å². The van der Waals surface area contributed by atoms with Gasteiger partial charge in [0.2, 0.25) is 11.8 Å². The molecule has 2 aromatic carbocycles. The molecule has 0 aliphatic heterocycles. The molecule has 0 aliphatic carbocycles. The van der Waals surface area contributed by atoms with Gasteiger partial charge in [-0.25, -0.2) is 9.48 Å². The van der Waals surface area contributed by atoms with Crippen molar-refractivity contribution >= 4 is 46.9 Å². The third-order valence-corrected chi connectivity index (χ3v) is 5.95. The summed E-state index contributed by atoms with van der Waals surface area (Å²) >= 11 is 5.92. The van der Waals surface area contributed by atoms with Gasteiger partial charge in [-0.3, -0.25) is 19.7 Å². The molecule has 39 heavy (non-hydrogen) atoms. The first-order valence-electron chi connectivity index (χ1n) is 12.2. The number of anilines is 2. The average Bonchev–Trinajstić information content (AvgIpc) is 3.33. The predicted molar refractivity (Wildman–Crippen MR) is 150 cm³/mol. The van der Waals surface area contributed by atoms with Gasteiger partial charge in [-0.1, -0.05) is 32.4 Å². The van der Waals surface area contributed by atoms with E-state index in [0.29, 0.717) is 22.2 Å². The number of amides is 5. The van der Waals surface area contributed by atoms with E-state index in [1.807, 2.05) is 20.8 Å². The fourth-order valence-corrected chi connectivity index (χ4v) is 3.60. The van der Waals surface area contributed by atoms with Crippen LogP contribution in [-0.4, -0.2) is 65.6 Å². The van der Waals surface area contributed by atoms with Crippen molar-refractivity contribution in [1.29, 1.82) is 0 Å². The highest BCUT2D eigenvalue weighted by atomic mass is 35.5. The maximum absolute atomic E-state index is 13.1. The van der Waals surface area contributed by atoms with Gasteiger partial charge in [0.1, 0.15) is 18.9 Å². The van der Waals surface area contributed by atoms with Gasteiger partial charge >= 0.3 is 6.03 Å². The number of nitrogens with zero attached hydrogens (tertiary/aromatic N) is 3. The van der Waals surface area contributed by atoms with Gasteiger partial charge in [-0.05, 0) is 48.5 Å². The van der Waals surface area contributed by atoms with Gasteiger partial charge < -0.3 is 20.9 Å². The zero-order chi connectivity index (χ0) is 28.7. The number of benzene rings is 2. The molecule has 1 aromatic heterocycles. The van der Waals surface area contributed by atoms with Crippen molar-refractivity contribution in [1.82, 2.24) is 25.3 Å². The first-order valence-corrected chi connectivity index (χ1v) is 12.5. The molecule has 0 unspecified atom stereocenters. The quantitative estimate of drug-likeness (QED) is 0.339. The lowest BCUT2D eigenvalue weighted by molar-refractivity contribution is -0.123. The number of nitrogens with one attached hydrogen (secondary N) is 4. The largest absolute Gasteiger partial charge is 0.358 e. The minimum Gasteiger partial charge on any atom is -0.358 e. The van der Waals surface area contributed by atoms with Crippen LogP contribution in [0.1, 0.15) is 36.8 Å². The van der Waals surface area contributed by atoms with Gasteiger partial charge in [0.05, 0.1) is 11.4 Å². The summed E-state index contributed by atoms with van der Waals surface area (Å²) in [6.45, 7) is 5.48. The van der Waals surface area contributed by atoms with E-state index in [1.165, 1.54) is 14.1 Å². The van der Waals surface area contributed by atoms with E-state index >= 15 is 0 Å². The Balaban J connectivity index is 1.87. The number of carbonyl (C=O) groups excluding carboxylic acids is 4. The highest BCUT2D eigenvalue weighted by molar-refractivity contribution is 6.30. The van der Waals surface area contributed by atoms with E-state index in [4.69, 9.17) is 11.6 Å². The number of halogens is 1. The van der Waals surface area contributed by atoms with E-state index < -0.39 is 23.8 Å². The molecule has 0 fully saturated rings. The van der Waals surface area contributed by atoms with Crippen molar-refractivity contribution in [2.75, 3.05) is 37.8 Å². The Kier molecular flexibility index (Phi) is 9.31. The lowest BCUT2D eigenvalue weighted by atomic mass is 9.92. The van der Waals surface area contributed by atoms with E-state index in [1.54, 1.807) is 59.3 Å². The molecular weight excluding hydrogens is 522 g/mol. The summed E-state index contributed by atoms with van der Waals surface area (Å²) in [5, 5.41) is 15.7. The molecule has 3 rings (SSSR count). The highest BCUT2D eigenvalue weighted by Gasteiger charge is 2.23. The summed E-state index contributed by atoms with van der Waals surface area (Å²) in [5.74, 6) is -0.859. The number of rotatable bonds is 8. The Labute approximate surface area is 231 Å². The molecule has 206 valence electrons. The lowest BCUT2D eigenvalue weighted by Gasteiger charge is -2.21. The van der Waals surface area contributed by atoms with Gasteiger partial charge in [0, 0.05) is 41.9 Å². The van der Waals surface area contributed by atoms with Gasteiger partial charge in [-0.15, -0.1) is 0 Å². The van der Waals surface area contributed by atoms with Gasteiger partial charge in [0.25, 0.3) is 5.91 Å². The third-order valence-electron chi connectivity index (χ3n) is 5.69. The zero-order valence-corrected chi connectivity index (χ0v) is 23.2. The van der Waals surface area contributed by atoms with E-state index in [9.17, 15) is 19.2 Å². The van der Waals surface area contributed by atoms with Crippen LogP contribution in [-0.2, 0) is 15.0 Å². The van der Waals surface area contributed by atoms with Crippen LogP contribution in [0.15, 0.2) is 54.6 Å². The molecule has 1 heterocycles. The zero-order valence-electron chi connectivity index (χ0n) is 22.5. The number of urea groups is 1. The summed E-state index contributed by atoms with van der Waals surface area (Å²) in [7, 11) is 2.91. The van der Waals surface area contributed by atoms with Crippen molar-refractivity contribution in [2.24, 2.45) is 0 Å². The van der Waals surface area contributed by atoms with Gasteiger partial charge in [-0.2, -0.15) is 5.10 Å². The Hall–Kier alpha value is -4.38. The average molecular weight is 554 g/mol. The molecule has 3 aromatic rings. The fourth-order valence-electron chi connectivity index (χ4n) is 3.48. The van der Waals surface area contributed by atoms with Gasteiger partial charge in [0.15, 0.2) is 0 Å². The molecule has 0 radical (unpaired) electrons. The second kappa shape index (κ2) is 12.4. The van der Waals surface area contributed by atoms with E-state index in [0.717, 1.165) is 10.6 Å². The Morgan fingerprint density at radius 2 is 1.44 bits per heavy atom. The Bertz CT molecular complexity index is 1330. The van der Waals surface area contributed by atoms with Crippen LogP contribution in [0.2, 0.25) is 5.02 Å². The predicted octanol–water partition coefficient (Wildman–Crippen LogP) is 3.40. The number of likely N-dealkylation sites (N-methyl/N-ethyl adjacent to an activating group) is 2. The molecule has 0 saturated heterocycles. The molecule has 0 saturated carbocycles. The molecule has 12 heteroatoms. The minimum atomic E-state index is -0.481. The normalized spacial score (nSPS) is 10.9. The SMILES string of the molecule is CNC(=O)CN(CC(=O)NC)C(=O)c1ccc(-n2nc(C(C)(C)C)cc2NC(=O)Nc2ccc(Cl)cc2)cc1. The number of hydrogen-bond donors (Lipinski definition) is 4. The monoisotopic (exact) mass is 553 g/mol. The molecule has 0 aliphatic rings. The van der Waals surface area contributed by atoms with Crippen LogP contribution in [0.25, 0.3) is 5.69 Å². The molecule has 0 bridgehead atoms. The lowest BCUT2D eigenvalue weighted by Crippen LogP contribution is -2.44. The second-order valence-corrected chi connectivity index (χ2v) is 10.2. The van der Waals surface area contributed by atoms with Crippen LogP contribution < -0.4 is 21.3 Å². The number of carbonyl (C=O) groups is 4. The smallest absolute Gasteiger partial charge is 0.324 e. The Morgan fingerprint density at radius 3 is 1.95 bits per heavy atom. The molecule has 11 nitrogen and oxygen atoms in total. The van der Waals surface area contributed by atoms with Crippen LogP contribution in [0.4, 0.5) is 16.3 Å². The summed E-state index contributed by atoms with van der Waals surface area (Å²) in [6, 6.07) is 14.5. The maximum Gasteiger partial charge on any atom is 0.324 e. The maximum atomic E-state index is 13.1. The van der Waals surface area contributed by atoms with Crippen molar-refractivity contribution in [3.05, 3.63) is 70.9 Å². The van der Waals surface area contributed by atoms with E-state index in [-0.39, 0.29) is 24.1 Å². The summed E-state index contributed by atoms with van der Waals surface area (Å²) in [4.78, 5) is 50.8. The highest BCUT2D eigenvalue weighted by Crippen LogP contribution is 2.27. The third kappa shape index (κ3) is 7.81. The molecule has 4 N–H and O–H groups in total. The standard InChI is InChI=1S/C27H32ClN7O4/c1-27(2,3)21-14-22(32-26(39)31-19-10-8-18(28)9-11-19)35(33-21)20-12-6-17(7-13-20)25(38)34(15-23(36)29-4)16-24(37)30-5/h6-14H,15-16H2,1-5H3,(H,29,36)(H,30,37)(H2,31,32,39). The molecule has 0 atom stereocenters. The van der Waals surface area contributed by atoms with Crippen molar-refractivity contribution in [2.45, 2.75) is 26.2 Å². The molecular formula is C27H32ClN7O4. The van der Waals surface area contributed by atoms with Crippen LogP contribution in [0.5, 0.6) is 0 Å². The molecule has 0 spiro atoms. The number of aromatic nitrogens is 2. The summed E-state index contributed by atoms with van der Waals surface area (Å²) < 4.78 is 1.57. The first kappa shape index (κ1) is 29.2. The van der Waals surface area contributed by atoms with E-state index in [2.05, 4.69) is 26.4 Å². The first-order chi connectivity index (χ1) is 18.4. The summed E-state index contributed by atoms with van der Waals surface area (Å²) in [5.41, 5.74) is 1.88. The van der Waals surface area contributed by atoms with Crippen LogP contribution in [0, 0.1) is 0 Å². The number of hydrogen-bond acceptors (Lipinski definition) is 5. The summed E-state index contributed by atoms with van der Waals surface area (Å²) in [6.07, 6.45) is 0. The van der Waals surface area contributed by atoms with Crippen LogP contribution >= 0.6 is 11.6 Å².